The third-order valence-electron chi connectivity index (χ3n) is 3.47. The molecular weight excluding hydrogens is 374 g/mol. The lowest BCUT2D eigenvalue weighted by Crippen LogP contribution is -2.46. The monoisotopic (exact) mass is 391 g/mol. The molecular formula is C18H18ClN3O5. The first kappa shape index (κ1) is 20.2. The lowest BCUT2D eigenvalue weighted by atomic mass is 10.1. The SMILES string of the molecule is O=C(CNC(=O)OCc1ccccc1)N[C@H](Cc1ccc(Cl)nc1)C(=O)O. The number of carboxylic acid groups (broad SMARTS) is 1. The molecule has 1 heterocycles. The van der Waals surface area contributed by atoms with Gasteiger partial charge in [0.1, 0.15) is 24.3 Å². The molecule has 0 saturated carbocycles. The minimum Gasteiger partial charge on any atom is -0.480 e. The van der Waals surface area contributed by atoms with Gasteiger partial charge < -0.3 is 20.5 Å². The maximum absolute atomic E-state index is 11.9. The Morgan fingerprint density at radius 1 is 1.11 bits per heavy atom. The molecule has 0 bridgehead atoms. The van der Waals surface area contributed by atoms with Crippen molar-refractivity contribution in [3.05, 3.63) is 64.9 Å². The molecule has 3 N–H and O–H groups in total. The predicted octanol–water partition coefficient (Wildman–Crippen LogP) is 1.77. The van der Waals surface area contributed by atoms with Crippen LogP contribution in [0.2, 0.25) is 5.15 Å². The number of aliphatic carboxylic acids is 1. The van der Waals surface area contributed by atoms with E-state index >= 15 is 0 Å². The minimum absolute atomic E-state index is 0.0314. The van der Waals surface area contributed by atoms with E-state index in [1.54, 1.807) is 18.2 Å². The van der Waals surface area contributed by atoms with Crippen molar-refractivity contribution in [1.29, 1.82) is 0 Å². The van der Waals surface area contributed by atoms with Gasteiger partial charge in [-0.25, -0.2) is 14.6 Å². The molecule has 1 aromatic heterocycles. The number of ether oxygens (including phenoxy) is 1. The molecule has 0 aliphatic heterocycles. The van der Waals surface area contributed by atoms with Crippen molar-refractivity contribution >= 4 is 29.6 Å². The fraction of sp³-hybridized carbons (Fsp3) is 0.222. The van der Waals surface area contributed by atoms with E-state index < -0.39 is 30.6 Å². The fourth-order valence-corrected chi connectivity index (χ4v) is 2.25. The summed E-state index contributed by atoms with van der Waals surface area (Å²) in [5, 5.41) is 14.1. The van der Waals surface area contributed by atoms with E-state index in [-0.39, 0.29) is 18.2 Å². The molecule has 0 unspecified atom stereocenters. The fourth-order valence-electron chi connectivity index (χ4n) is 2.13. The number of amides is 2. The van der Waals surface area contributed by atoms with Crippen LogP contribution < -0.4 is 10.6 Å². The number of benzene rings is 1. The minimum atomic E-state index is -1.20. The second-order valence-corrected chi connectivity index (χ2v) is 5.95. The molecule has 142 valence electrons. The van der Waals surface area contributed by atoms with Gasteiger partial charge in [-0.3, -0.25) is 4.79 Å². The molecule has 2 rings (SSSR count). The molecule has 2 aromatic rings. The number of hydrogen-bond donors (Lipinski definition) is 3. The number of carbonyl (C=O) groups is 3. The van der Waals surface area contributed by atoms with E-state index in [9.17, 15) is 19.5 Å². The Morgan fingerprint density at radius 2 is 1.85 bits per heavy atom. The first-order chi connectivity index (χ1) is 12.9. The summed E-state index contributed by atoms with van der Waals surface area (Å²) in [4.78, 5) is 38.7. The molecule has 27 heavy (non-hydrogen) atoms. The van der Waals surface area contributed by atoms with Gasteiger partial charge in [-0.2, -0.15) is 0 Å². The van der Waals surface area contributed by atoms with Crippen LogP contribution in [0.5, 0.6) is 0 Å². The normalized spacial score (nSPS) is 11.3. The van der Waals surface area contributed by atoms with E-state index in [1.165, 1.54) is 12.3 Å². The molecule has 1 atom stereocenters. The average Bonchev–Trinajstić information content (AvgIpc) is 2.66. The largest absolute Gasteiger partial charge is 0.480 e. The zero-order chi connectivity index (χ0) is 19.6. The van der Waals surface area contributed by atoms with E-state index in [0.717, 1.165) is 5.56 Å². The number of pyridine rings is 1. The van der Waals surface area contributed by atoms with Crippen molar-refractivity contribution < 1.29 is 24.2 Å². The Kier molecular flexibility index (Phi) is 7.57. The van der Waals surface area contributed by atoms with Crippen LogP contribution >= 0.6 is 11.6 Å². The van der Waals surface area contributed by atoms with Crippen LogP contribution in [0.15, 0.2) is 48.7 Å². The summed E-state index contributed by atoms with van der Waals surface area (Å²) in [7, 11) is 0. The summed E-state index contributed by atoms with van der Waals surface area (Å²) in [6.07, 6.45) is 0.690. The summed E-state index contributed by atoms with van der Waals surface area (Å²) in [6, 6.07) is 11.0. The van der Waals surface area contributed by atoms with Crippen LogP contribution in [0.4, 0.5) is 4.79 Å². The number of nitrogens with one attached hydrogen (secondary N) is 2. The van der Waals surface area contributed by atoms with E-state index in [0.29, 0.717) is 5.56 Å². The number of halogens is 1. The first-order valence-electron chi connectivity index (χ1n) is 8.01. The maximum Gasteiger partial charge on any atom is 0.407 e. The summed E-state index contributed by atoms with van der Waals surface area (Å²) in [6.45, 7) is -0.341. The Balaban J connectivity index is 1.77. The summed E-state index contributed by atoms with van der Waals surface area (Å²) in [5.41, 5.74) is 1.40. The van der Waals surface area contributed by atoms with Crippen LogP contribution in [-0.2, 0) is 27.4 Å². The summed E-state index contributed by atoms with van der Waals surface area (Å²) in [5.74, 6) is -1.86. The van der Waals surface area contributed by atoms with Gasteiger partial charge in [0.2, 0.25) is 5.91 Å². The van der Waals surface area contributed by atoms with E-state index in [2.05, 4.69) is 15.6 Å². The number of carbonyl (C=O) groups excluding carboxylic acids is 2. The zero-order valence-electron chi connectivity index (χ0n) is 14.2. The van der Waals surface area contributed by atoms with Crippen LogP contribution in [0.25, 0.3) is 0 Å². The molecule has 0 aliphatic carbocycles. The smallest absolute Gasteiger partial charge is 0.407 e. The maximum atomic E-state index is 11.9. The van der Waals surface area contributed by atoms with E-state index in [1.807, 2.05) is 18.2 Å². The number of aromatic nitrogens is 1. The molecule has 0 radical (unpaired) electrons. The molecule has 0 spiro atoms. The van der Waals surface area contributed by atoms with Gasteiger partial charge in [-0.1, -0.05) is 48.0 Å². The third kappa shape index (κ3) is 7.33. The highest BCUT2D eigenvalue weighted by Gasteiger charge is 2.21. The molecule has 0 fully saturated rings. The Labute approximate surface area is 160 Å². The lowest BCUT2D eigenvalue weighted by molar-refractivity contribution is -0.141. The van der Waals surface area contributed by atoms with Gasteiger partial charge in [0.25, 0.3) is 0 Å². The third-order valence-corrected chi connectivity index (χ3v) is 3.69. The van der Waals surface area contributed by atoms with Crippen molar-refractivity contribution in [1.82, 2.24) is 15.6 Å². The standard InChI is InChI=1S/C18H18ClN3O5/c19-15-7-6-13(9-20-15)8-14(17(24)25)22-16(23)10-21-18(26)27-11-12-4-2-1-3-5-12/h1-7,9,14H,8,10-11H2,(H,21,26)(H,22,23)(H,24,25)/t14-/m1/s1. The van der Waals surface area contributed by atoms with Gasteiger partial charge in [0.05, 0.1) is 0 Å². The Morgan fingerprint density at radius 3 is 2.48 bits per heavy atom. The Hall–Kier alpha value is -3.13. The van der Waals surface area contributed by atoms with Crippen LogP contribution in [0.3, 0.4) is 0 Å². The van der Waals surface area contributed by atoms with Crippen molar-refractivity contribution in [2.75, 3.05) is 6.54 Å². The van der Waals surface area contributed by atoms with Crippen LogP contribution in [0.1, 0.15) is 11.1 Å². The van der Waals surface area contributed by atoms with Crippen molar-refractivity contribution in [2.24, 2.45) is 0 Å². The second-order valence-electron chi connectivity index (χ2n) is 5.57. The van der Waals surface area contributed by atoms with Gasteiger partial charge in [-0.15, -0.1) is 0 Å². The van der Waals surface area contributed by atoms with Gasteiger partial charge in [-0.05, 0) is 17.2 Å². The highest BCUT2D eigenvalue weighted by atomic mass is 35.5. The zero-order valence-corrected chi connectivity index (χ0v) is 15.0. The first-order valence-corrected chi connectivity index (χ1v) is 8.39. The Bertz CT molecular complexity index is 783. The number of carboxylic acids is 1. The molecule has 0 aliphatic rings. The van der Waals surface area contributed by atoms with E-state index in [4.69, 9.17) is 16.3 Å². The van der Waals surface area contributed by atoms with Gasteiger partial charge >= 0.3 is 12.1 Å². The van der Waals surface area contributed by atoms with Crippen LogP contribution in [-0.4, -0.2) is 40.6 Å². The van der Waals surface area contributed by atoms with Crippen molar-refractivity contribution in [3.8, 4) is 0 Å². The molecule has 8 nitrogen and oxygen atoms in total. The number of hydrogen-bond acceptors (Lipinski definition) is 5. The highest BCUT2D eigenvalue weighted by molar-refractivity contribution is 6.29. The quantitative estimate of drug-likeness (QED) is 0.590. The highest BCUT2D eigenvalue weighted by Crippen LogP contribution is 2.07. The number of nitrogens with zero attached hydrogens (tertiary/aromatic N) is 1. The molecule has 1 aromatic carbocycles. The van der Waals surface area contributed by atoms with Gasteiger partial charge in [0.15, 0.2) is 0 Å². The molecule has 9 heteroatoms. The summed E-state index contributed by atoms with van der Waals surface area (Å²) >= 11 is 5.68. The number of alkyl carbamates (subject to hydrolysis) is 1. The van der Waals surface area contributed by atoms with Crippen LogP contribution in [0, 0.1) is 0 Å². The average molecular weight is 392 g/mol. The number of rotatable bonds is 8. The summed E-state index contributed by atoms with van der Waals surface area (Å²) < 4.78 is 4.97. The second kappa shape index (κ2) is 10.1. The van der Waals surface area contributed by atoms with Crippen molar-refractivity contribution in [2.45, 2.75) is 19.1 Å². The predicted molar refractivity (Wildman–Crippen MR) is 97.1 cm³/mol. The van der Waals surface area contributed by atoms with Crippen molar-refractivity contribution in [3.63, 3.8) is 0 Å². The molecule has 2 amide bonds. The molecule has 0 saturated heterocycles. The topological polar surface area (TPSA) is 118 Å². The lowest BCUT2D eigenvalue weighted by Gasteiger charge is -2.15. The van der Waals surface area contributed by atoms with Gasteiger partial charge in [0, 0.05) is 12.6 Å².